The Balaban J connectivity index is 1.27. The Labute approximate surface area is 176 Å². The maximum atomic E-state index is 13.0. The maximum absolute atomic E-state index is 13.0. The van der Waals surface area contributed by atoms with Gasteiger partial charge in [-0.15, -0.1) is 5.10 Å². The predicted molar refractivity (Wildman–Crippen MR) is 117 cm³/mol. The van der Waals surface area contributed by atoms with Crippen molar-refractivity contribution in [2.24, 2.45) is 0 Å². The van der Waals surface area contributed by atoms with E-state index in [0.717, 1.165) is 62.9 Å². The molecule has 2 aliphatic heterocycles. The van der Waals surface area contributed by atoms with Crippen molar-refractivity contribution < 1.29 is 4.79 Å². The number of carbonyl (C=O) groups excluding carboxylic acids is 1. The first-order valence-electron chi connectivity index (χ1n) is 10.4. The molecule has 1 saturated heterocycles. The lowest BCUT2D eigenvalue weighted by molar-refractivity contribution is 0.0989. The number of para-hydroxylation sites is 1. The third kappa shape index (κ3) is 3.58. The van der Waals surface area contributed by atoms with Crippen molar-refractivity contribution in [3.8, 4) is 0 Å². The molecular formula is C23H24N6O. The van der Waals surface area contributed by atoms with E-state index in [4.69, 9.17) is 0 Å². The second-order valence-electron chi connectivity index (χ2n) is 7.65. The summed E-state index contributed by atoms with van der Waals surface area (Å²) in [6.45, 7) is 4.32. The van der Waals surface area contributed by atoms with Crippen LogP contribution in [0.1, 0.15) is 22.3 Å². The number of benzene rings is 1. The van der Waals surface area contributed by atoms with Crippen LogP contribution in [0, 0.1) is 0 Å². The third-order valence-corrected chi connectivity index (χ3v) is 5.83. The highest BCUT2D eigenvalue weighted by molar-refractivity contribution is 6.07. The number of anilines is 3. The molecule has 0 bridgehead atoms. The highest BCUT2D eigenvalue weighted by Gasteiger charge is 2.25. The van der Waals surface area contributed by atoms with Crippen LogP contribution in [0.3, 0.4) is 0 Å². The molecule has 0 unspecified atom stereocenters. The van der Waals surface area contributed by atoms with Crippen molar-refractivity contribution in [3.05, 3.63) is 72.1 Å². The Hall–Kier alpha value is -3.48. The molecule has 0 aliphatic carbocycles. The number of fused-ring (bicyclic) bond motifs is 1. The van der Waals surface area contributed by atoms with Crippen molar-refractivity contribution in [2.45, 2.75) is 12.8 Å². The highest BCUT2D eigenvalue weighted by Crippen LogP contribution is 2.29. The molecule has 2 aromatic heterocycles. The number of pyridine rings is 1. The van der Waals surface area contributed by atoms with E-state index in [9.17, 15) is 4.79 Å². The second-order valence-corrected chi connectivity index (χ2v) is 7.65. The summed E-state index contributed by atoms with van der Waals surface area (Å²) in [4.78, 5) is 24.0. The van der Waals surface area contributed by atoms with Crippen LogP contribution in [-0.2, 0) is 6.42 Å². The lowest BCUT2D eigenvalue weighted by Gasteiger charge is -2.23. The summed E-state index contributed by atoms with van der Waals surface area (Å²) in [6.07, 6.45) is 5.33. The number of carbonyl (C=O) groups is 1. The summed E-state index contributed by atoms with van der Waals surface area (Å²) in [5.41, 5.74) is 2.88. The van der Waals surface area contributed by atoms with E-state index in [1.807, 2.05) is 47.4 Å². The molecule has 4 heterocycles. The molecule has 2 aliphatic rings. The second kappa shape index (κ2) is 8.10. The molecule has 1 aromatic carbocycles. The van der Waals surface area contributed by atoms with Crippen molar-refractivity contribution in [3.63, 3.8) is 0 Å². The predicted octanol–water partition coefficient (Wildman–Crippen LogP) is 2.79. The molecule has 30 heavy (non-hydrogen) atoms. The molecule has 0 N–H and O–H groups in total. The zero-order valence-electron chi connectivity index (χ0n) is 16.8. The maximum Gasteiger partial charge on any atom is 0.259 e. The van der Waals surface area contributed by atoms with E-state index in [0.29, 0.717) is 5.56 Å². The smallest absolute Gasteiger partial charge is 0.259 e. The molecule has 0 radical (unpaired) electrons. The Morgan fingerprint density at radius 1 is 0.833 bits per heavy atom. The summed E-state index contributed by atoms with van der Waals surface area (Å²) in [6, 6.07) is 15.9. The van der Waals surface area contributed by atoms with E-state index in [1.54, 1.807) is 12.4 Å². The minimum absolute atomic E-state index is 0.0173. The van der Waals surface area contributed by atoms with Gasteiger partial charge in [0.25, 0.3) is 5.91 Å². The van der Waals surface area contributed by atoms with Gasteiger partial charge in [0, 0.05) is 50.8 Å². The fraction of sp³-hybridized carbons (Fsp3) is 0.304. The van der Waals surface area contributed by atoms with Gasteiger partial charge in [0.2, 0.25) is 0 Å². The molecule has 0 saturated carbocycles. The van der Waals surface area contributed by atoms with Gasteiger partial charge in [0.15, 0.2) is 5.82 Å². The lowest BCUT2D eigenvalue weighted by atomic mass is 10.2. The van der Waals surface area contributed by atoms with E-state index in [-0.39, 0.29) is 5.91 Å². The lowest BCUT2D eigenvalue weighted by Crippen LogP contribution is -2.32. The van der Waals surface area contributed by atoms with Crippen LogP contribution in [0.5, 0.6) is 0 Å². The standard InChI is InChI=1S/C23H24N6O/c30-23(29-14-10-18-5-1-2-6-20(18)29)19-8-9-21(24-17-19)27-12-4-13-28(16-15-27)22-7-3-11-25-26-22/h1-3,5-9,11,17H,4,10,12-16H2. The molecule has 7 heteroatoms. The first-order valence-corrected chi connectivity index (χ1v) is 10.4. The zero-order chi connectivity index (χ0) is 20.3. The van der Waals surface area contributed by atoms with Crippen LogP contribution in [0.4, 0.5) is 17.3 Å². The Kier molecular flexibility index (Phi) is 5.01. The minimum Gasteiger partial charge on any atom is -0.355 e. The fourth-order valence-corrected chi connectivity index (χ4v) is 4.24. The molecule has 0 spiro atoms. The van der Waals surface area contributed by atoms with Crippen molar-refractivity contribution in [1.82, 2.24) is 15.2 Å². The van der Waals surface area contributed by atoms with Crippen molar-refractivity contribution in [1.29, 1.82) is 0 Å². The number of rotatable bonds is 3. The molecule has 152 valence electrons. The van der Waals surface area contributed by atoms with E-state index >= 15 is 0 Å². The van der Waals surface area contributed by atoms with Gasteiger partial charge in [-0.1, -0.05) is 18.2 Å². The summed E-state index contributed by atoms with van der Waals surface area (Å²) in [5.74, 6) is 1.84. The summed E-state index contributed by atoms with van der Waals surface area (Å²) >= 11 is 0. The van der Waals surface area contributed by atoms with Gasteiger partial charge in [0.05, 0.1) is 5.56 Å². The topological polar surface area (TPSA) is 65.5 Å². The number of hydrogen-bond donors (Lipinski definition) is 0. The summed E-state index contributed by atoms with van der Waals surface area (Å²) in [7, 11) is 0. The Morgan fingerprint density at radius 2 is 1.67 bits per heavy atom. The largest absolute Gasteiger partial charge is 0.355 e. The number of amides is 1. The normalized spacial score (nSPS) is 16.3. The molecule has 7 nitrogen and oxygen atoms in total. The average Bonchev–Trinajstić information content (AvgIpc) is 3.08. The van der Waals surface area contributed by atoms with Crippen LogP contribution in [0.2, 0.25) is 0 Å². The molecule has 1 amide bonds. The van der Waals surface area contributed by atoms with Gasteiger partial charge in [-0.05, 0) is 48.7 Å². The zero-order valence-corrected chi connectivity index (χ0v) is 16.8. The molecule has 5 rings (SSSR count). The first-order chi connectivity index (χ1) is 14.8. The van der Waals surface area contributed by atoms with Crippen LogP contribution < -0.4 is 14.7 Å². The van der Waals surface area contributed by atoms with Crippen molar-refractivity contribution in [2.75, 3.05) is 47.4 Å². The average molecular weight is 400 g/mol. The number of aromatic nitrogens is 3. The number of nitrogens with zero attached hydrogens (tertiary/aromatic N) is 6. The summed E-state index contributed by atoms with van der Waals surface area (Å²) < 4.78 is 0. The van der Waals surface area contributed by atoms with Crippen molar-refractivity contribution >= 4 is 23.2 Å². The van der Waals surface area contributed by atoms with Gasteiger partial charge in [-0.25, -0.2) is 4.98 Å². The molecular weight excluding hydrogens is 376 g/mol. The molecule has 0 atom stereocenters. The van der Waals surface area contributed by atoms with E-state index in [1.165, 1.54) is 5.56 Å². The monoisotopic (exact) mass is 400 g/mol. The van der Waals surface area contributed by atoms with Crippen LogP contribution in [0.25, 0.3) is 0 Å². The fourth-order valence-electron chi connectivity index (χ4n) is 4.24. The minimum atomic E-state index is 0.0173. The van der Waals surface area contributed by atoms with Gasteiger partial charge >= 0.3 is 0 Å². The first kappa shape index (κ1) is 18.5. The summed E-state index contributed by atoms with van der Waals surface area (Å²) in [5, 5.41) is 8.21. The Morgan fingerprint density at radius 3 is 2.43 bits per heavy atom. The van der Waals surface area contributed by atoms with Gasteiger partial charge < -0.3 is 14.7 Å². The highest BCUT2D eigenvalue weighted by atomic mass is 16.2. The van der Waals surface area contributed by atoms with E-state index in [2.05, 4.69) is 31.0 Å². The SMILES string of the molecule is O=C(c1ccc(N2CCCN(c3cccnn3)CC2)nc1)N1CCc2ccccc21. The van der Waals surface area contributed by atoms with Gasteiger partial charge in [-0.2, -0.15) is 5.10 Å². The van der Waals surface area contributed by atoms with Crippen LogP contribution >= 0.6 is 0 Å². The van der Waals surface area contributed by atoms with E-state index < -0.39 is 0 Å². The quantitative estimate of drug-likeness (QED) is 0.674. The van der Waals surface area contributed by atoms with Crippen LogP contribution in [0.15, 0.2) is 60.9 Å². The third-order valence-electron chi connectivity index (χ3n) is 5.83. The van der Waals surface area contributed by atoms with Crippen LogP contribution in [-0.4, -0.2) is 53.8 Å². The molecule has 3 aromatic rings. The molecule has 1 fully saturated rings. The number of hydrogen-bond acceptors (Lipinski definition) is 6. The Bertz CT molecular complexity index is 1020. The van der Waals surface area contributed by atoms with Gasteiger partial charge in [0.1, 0.15) is 5.82 Å². The van der Waals surface area contributed by atoms with Gasteiger partial charge in [-0.3, -0.25) is 4.79 Å².